The Morgan fingerprint density at radius 1 is 1.10 bits per heavy atom. The maximum Gasteiger partial charge on any atom is 0.507 e. The molecule has 112 valence electrons. The lowest BCUT2D eigenvalue weighted by Gasteiger charge is -2.32. The molecule has 1 aliphatic heterocycles. The molecule has 1 aliphatic rings. The minimum Gasteiger partial charge on any atom is -0.421 e. The van der Waals surface area contributed by atoms with Gasteiger partial charge in [-0.05, 0) is 18.5 Å². The Kier molecular flexibility index (Phi) is 3.82. The minimum absolute atomic E-state index is 0.229. The molecule has 0 spiro atoms. The normalized spacial score (nSPS) is 19.1. The van der Waals surface area contributed by atoms with E-state index >= 15 is 0 Å². The van der Waals surface area contributed by atoms with Crippen molar-refractivity contribution in [2.75, 3.05) is 6.54 Å². The standard InChI is InChI=1S/C13H15F4NO2/c1-8(2)6-18-7-9-4-3-5-10-11(9)20-13(16,17)12(14,15)19-10/h3-5,8,18H,6-7H2,1-2H3. The van der Waals surface area contributed by atoms with E-state index in [4.69, 9.17) is 0 Å². The number of rotatable bonds is 4. The van der Waals surface area contributed by atoms with Crippen LogP contribution >= 0.6 is 0 Å². The summed E-state index contributed by atoms with van der Waals surface area (Å²) in [6.45, 7) is 4.87. The average molecular weight is 293 g/mol. The van der Waals surface area contributed by atoms with E-state index < -0.39 is 12.2 Å². The number of para-hydroxylation sites is 1. The van der Waals surface area contributed by atoms with Gasteiger partial charge < -0.3 is 14.8 Å². The molecule has 1 aromatic carbocycles. The third-order valence-corrected chi connectivity index (χ3v) is 2.74. The second-order valence-electron chi connectivity index (χ2n) is 5.01. The van der Waals surface area contributed by atoms with E-state index in [1.807, 2.05) is 13.8 Å². The van der Waals surface area contributed by atoms with E-state index in [1.54, 1.807) is 0 Å². The fourth-order valence-corrected chi connectivity index (χ4v) is 1.78. The highest BCUT2D eigenvalue weighted by Crippen LogP contribution is 2.48. The summed E-state index contributed by atoms with van der Waals surface area (Å²) in [5.74, 6) is -0.359. The number of benzene rings is 1. The zero-order valence-electron chi connectivity index (χ0n) is 11.1. The van der Waals surface area contributed by atoms with E-state index in [-0.39, 0.29) is 18.0 Å². The van der Waals surface area contributed by atoms with Crippen molar-refractivity contribution in [2.45, 2.75) is 32.6 Å². The largest absolute Gasteiger partial charge is 0.507 e. The number of alkyl halides is 4. The zero-order valence-corrected chi connectivity index (χ0v) is 11.1. The summed E-state index contributed by atoms with van der Waals surface area (Å²) >= 11 is 0. The zero-order chi connectivity index (χ0) is 15.0. The molecule has 0 unspecified atom stereocenters. The number of ether oxygens (including phenoxy) is 2. The highest BCUT2D eigenvalue weighted by Gasteiger charge is 2.66. The van der Waals surface area contributed by atoms with Crippen LogP contribution in [0.2, 0.25) is 0 Å². The van der Waals surface area contributed by atoms with E-state index in [1.165, 1.54) is 18.2 Å². The molecule has 0 saturated carbocycles. The van der Waals surface area contributed by atoms with Crippen molar-refractivity contribution in [3.8, 4) is 11.5 Å². The van der Waals surface area contributed by atoms with Gasteiger partial charge in [-0.15, -0.1) is 0 Å². The Morgan fingerprint density at radius 2 is 1.75 bits per heavy atom. The summed E-state index contributed by atoms with van der Waals surface area (Å²) in [5, 5.41) is 3.03. The third-order valence-electron chi connectivity index (χ3n) is 2.74. The van der Waals surface area contributed by atoms with Crippen LogP contribution in [-0.4, -0.2) is 18.8 Å². The molecule has 0 radical (unpaired) electrons. The van der Waals surface area contributed by atoms with Gasteiger partial charge >= 0.3 is 12.2 Å². The first kappa shape index (κ1) is 14.9. The first-order chi connectivity index (χ1) is 9.23. The van der Waals surface area contributed by atoms with Crippen molar-refractivity contribution in [1.29, 1.82) is 0 Å². The second kappa shape index (κ2) is 5.12. The van der Waals surface area contributed by atoms with Crippen LogP contribution in [-0.2, 0) is 6.54 Å². The SMILES string of the molecule is CC(C)CNCc1cccc2c1OC(F)(F)C(F)(F)O2. The van der Waals surface area contributed by atoms with Gasteiger partial charge in [-0.2, -0.15) is 17.6 Å². The lowest BCUT2D eigenvalue weighted by atomic mass is 10.1. The fraction of sp³-hybridized carbons (Fsp3) is 0.538. The van der Waals surface area contributed by atoms with Gasteiger partial charge in [-0.1, -0.05) is 26.0 Å². The van der Waals surface area contributed by atoms with E-state index in [0.717, 1.165) is 0 Å². The minimum atomic E-state index is -4.69. The monoisotopic (exact) mass is 293 g/mol. The quantitative estimate of drug-likeness (QED) is 0.863. The molecule has 0 aliphatic carbocycles. The van der Waals surface area contributed by atoms with Gasteiger partial charge in [0.2, 0.25) is 0 Å². The average Bonchev–Trinajstić information content (AvgIpc) is 2.30. The Hall–Kier alpha value is -1.50. The molecule has 0 bridgehead atoms. The van der Waals surface area contributed by atoms with Crippen molar-refractivity contribution in [2.24, 2.45) is 5.92 Å². The molecular weight excluding hydrogens is 278 g/mol. The number of hydrogen-bond acceptors (Lipinski definition) is 3. The van der Waals surface area contributed by atoms with Crippen LogP contribution in [0.5, 0.6) is 11.5 Å². The van der Waals surface area contributed by atoms with Gasteiger partial charge in [-0.25, -0.2) is 0 Å². The van der Waals surface area contributed by atoms with E-state index in [2.05, 4.69) is 14.8 Å². The number of nitrogens with one attached hydrogen (secondary N) is 1. The van der Waals surface area contributed by atoms with Crippen molar-refractivity contribution < 1.29 is 27.0 Å². The Morgan fingerprint density at radius 3 is 2.40 bits per heavy atom. The molecule has 1 heterocycles. The van der Waals surface area contributed by atoms with Gasteiger partial charge in [0, 0.05) is 12.1 Å². The first-order valence-corrected chi connectivity index (χ1v) is 6.19. The second-order valence-corrected chi connectivity index (χ2v) is 5.01. The van der Waals surface area contributed by atoms with Gasteiger partial charge in [-0.3, -0.25) is 0 Å². The summed E-state index contributed by atoms with van der Waals surface area (Å²) in [4.78, 5) is 0. The molecule has 1 N–H and O–H groups in total. The summed E-state index contributed by atoms with van der Waals surface area (Å²) in [7, 11) is 0. The van der Waals surface area contributed by atoms with Gasteiger partial charge in [0.25, 0.3) is 0 Å². The van der Waals surface area contributed by atoms with Crippen LogP contribution in [0.25, 0.3) is 0 Å². The van der Waals surface area contributed by atoms with Crippen LogP contribution in [0, 0.1) is 5.92 Å². The van der Waals surface area contributed by atoms with E-state index in [0.29, 0.717) is 18.0 Å². The molecule has 2 rings (SSSR count). The molecule has 0 fully saturated rings. The van der Waals surface area contributed by atoms with Crippen LogP contribution in [0.4, 0.5) is 17.6 Å². The predicted octanol–water partition coefficient (Wildman–Crippen LogP) is 3.39. The molecule has 0 atom stereocenters. The summed E-state index contributed by atoms with van der Waals surface area (Å²) in [5.41, 5.74) is 0.346. The topological polar surface area (TPSA) is 30.5 Å². The molecule has 0 amide bonds. The van der Waals surface area contributed by atoms with Crippen LogP contribution in [0.15, 0.2) is 18.2 Å². The molecule has 20 heavy (non-hydrogen) atoms. The van der Waals surface area contributed by atoms with Crippen molar-refractivity contribution >= 4 is 0 Å². The van der Waals surface area contributed by atoms with Gasteiger partial charge in [0.05, 0.1) is 0 Å². The Labute approximate surface area is 113 Å². The molecule has 7 heteroatoms. The highest BCUT2D eigenvalue weighted by molar-refractivity contribution is 5.48. The van der Waals surface area contributed by atoms with Crippen LogP contribution in [0.1, 0.15) is 19.4 Å². The lowest BCUT2D eigenvalue weighted by Crippen LogP contribution is -2.52. The van der Waals surface area contributed by atoms with Crippen LogP contribution in [0.3, 0.4) is 0 Å². The molecule has 3 nitrogen and oxygen atoms in total. The summed E-state index contributed by atoms with van der Waals surface area (Å²) in [6.07, 6.45) is -9.36. The van der Waals surface area contributed by atoms with Crippen LogP contribution < -0.4 is 14.8 Å². The Bertz CT molecular complexity index is 491. The predicted molar refractivity (Wildman–Crippen MR) is 64.1 cm³/mol. The van der Waals surface area contributed by atoms with Crippen molar-refractivity contribution in [1.82, 2.24) is 5.32 Å². The fourth-order valence-electron chi connectivity index (χ4n) is 1.78. The molecule has 0 saturated heterocycles. The van der Waals surface area contributed by atoms with Gasteiger partial charge in [0.15, 0.2) is 11.5 Å². The molecule has 1 aromatic rings. The first-order valence-electron chi connectivity index (χ1n) is 6.19. The smallest absolute Gasteiger partial charge is 0.421 e. The Balaban J connectivity index is 2.22. The summed E-state index contributed by atoms with van der Waals surface area (Å²) < 4.78 is 60.7. The maximum absolute atomic E-state index is 13.2. The lowest BCUT2D eigenvalue weighted by molar-refractivity contribution is -0.391. The number of halogens is 4. The van der Waals surface area contributed by atoms with Crippen molar-refractivity contribution in [3.05, 3.63) is 23.8 Å². The summed E-state index contributed by atoms with van der Waals surface area (Å²) in [6, 6.07) is 4.15. The third kappa shape index (κ3) is 2.82. The molecular formula is C13H15F4NO2. The molecule has 0 aromatic heterocycles. The maximum atomic E-state index is 13.2. The number of fused-ring (bicyclic) bond motifs is 1. The van der Waals surface area contributed by atoms with E-state index in [9.17, 15) is 17.6 Å². The van der Waals surface area contributed by atoms with Gasteiger partial charge in [0.1, 0.15) is 0 Å². The highest BCUT2D eigenvalue weighted by atomic mass is 19.3. The van der Waals surface area contributed by atoms with Crippen molar-refractivity contribution in [3.63, 3.8) is 0 Å². The number of hydrogen-bond donors (Lipinski definition) is 1.